The molecule has 0 spiro atoms. The first-order valence-electron chi connectivity index (χ1n) is 8.06. The first-order valence-corrected chi connectivity index (χ1v) is 9.43. The molecule has 1 aliphatic rings. The van der Waals surface area contributed by atoms with E-state index in [-0.39, 0.29) is 6.79 Å². The molecule has 0 aliphatic carbocycles. The molecule has 0 fully saturated rings. The van der Waals surface area contributed by atoms with Crippen LogP contribution in [0, 0.1) is 0 Å². The molecule has 5 nitrogen and oxygen atoms in total. The minimum absolute atomic E-state index is 0.232. The highest BCUT2D eigenvalue weighted by Crippen LogP contribution is 2.38. The van der Waals surface area contributed by atoms with Crippen molar-refractivity contribution in [2.24, 2.45) is 0 Å². The molecule has 0 saturated carbocycles. The number of benzene rings is 2. The second-order valence-electron chi connectivity index (χ2n) is 5.66. The lowest BCUT2D eigenvalue weighted by Gasteiger charge is -2.09. The SMILES string of the molecule is C=CCn1c(SCc2cc3c(cc2Cl)OCO3)nnc1-c1ccccc1. The standard InChI is InChI=1S/C19H16ClN3O2S/c1-2-8-23-18(13-6-4-3-5-7-13)21-22-19(23)26-11-14-9-16-17(10-15(14)20)25-12-24-16/h2-7,9-10H,1,8,11-12H2. The number of thioether (sulfide) groups is 1. The molecule has 0 radical (unpaired) electrons. The van der Waals surface area contributed by atoms with E-state index in [2.05, 4.69) is 16.8 Å². The third-order valence-corrected chi connectivity index (χ3v) is 5.33. The Balaban J connectivity index is 1.59. The van der Waals surface area contributed by atoms with Crippen LogP contribution >= 0.6 is 23.4 Å². The summed E-state index contributed by atoms with van der Waals surface area (Å²) in [5, 5.41) is 10.2. The molecule has 1 aliphatic heterocycles. The first-order chi connectivity index (χ1) is 12.8. The molecule has 132 valence electrons. The van der Waals surface area contributed by atoms with E-state index in [9.17, 15) is 0 Å². The summed E-state index contributed by atoms with van der Waals surface area (Å²) in [6, 6.07) is 13.7. The third kappa shape index (κ3) is 3.30. The molecule has 2 heterocycles. The summed E-state index contributed by atoms with van der Waals surface area (Å²) in [4.78, 5) is 0. The molecule has 0 atom stereocenters. The summed E-state index contributed by atoms with van der Waals surface area (Å²) in [6.07, 6.45) is 1.84. The average Bonchev–Trinajstić information content (AvgIpc) is 3.27. The van der Waals surface area contributed by atoms with Crippen LogP contribution in [0.5, 0.6) is 11.5 Å². The van der Waals surface area contributed by atoms with Gasteiger partial charge in [0.1, 0.15) is 0 Å². The highest BCUT2D eigenvalue weighted by molar-refractivity contribution is 7.98. The van der Waals surface area contributed by atoms with Gasteiger partial charge >= 0.3 is 0 Å². The Morgan fingerprint density at radius 3 is 2.69 bits per heavy atom. The van der Waals surface area contributed by atoms with Crippen molar-refractivity contribution >= 4 is 23.4 Å². The Labute approximate surface area is 160 Å². The molecule has 0 amide bonds. The van der Waals surface area contributed by atoms with Crippen molar-refractivity contribution in [3.63, 3.8) is 0 Å². The number of nitrogens with zero attached hydrogens (tertiary/aromatic N) is 3. The maximum atomic E-state index is 6.37. The van der Waals surface area contributed by atoms with Gasteiger partial charge in [0.15, 0.2) is 22.5 Å². The monoisotopic (exact) mass is 385 g/mol. The highest BCUT2D eigenvalue weighted by Gasteiger charge is 2.18. The van der Waals surface area contributed by atoms with Crippen LogP contribution in [0.4, 0.5) is 0 Å². The highest BCUT2D eigenvalue weighted by atomic mass is 35.5. The van der Waals surface area contributed by atoms with Gasteiger partial charge in [0, 0.05) is 29.0 Å². The second-order valence-corrected chi connectivity index (χ2v) is 7.01. The lowest BCUT2D eigenvalue weighted by molar-refractivity contribution is 0.174. The molecule has 0 saturated heterocycles. The van der Waals surface area contributed by atoms with Crippen LogP contribution in [-0.2, 0) is 12.3 Å². The van der Waals surface area contributed by atoms with Gasteiger partial charge in [-0.05, 0) is 11.6 Å². The maximum absolute atomic E-state index is 6.37. The zero-order valence-corrected chi connectivity index (χ0v) is 15.5. The van der Waals surface area contributed by atoms with Gasteiger partial charge in [-0.3, -0.25) is 4.57 Å². The van der Waals surface area contributed by atoms with Crippen LogP contribution in [0.2, 0.25) is 5.02 Å². The fourth-order valence-electron chi connectivity index (χ4n) is 2.70. The normalized spacial score (nSPS) is 12.3. The fraction of sp³-hybridized carbons (Fsp3) is 0.158. The van der Waals surface area contributed by atoms with Gasteiger partial charge in [0.2, 0.25) is 6.79 Å². The topological polar surface area (TPSA) is 49.2 Å². The number of aromatic nitrogens is 3. The van der Waals surface area contributed by atoms with Crippen LogP contribution in [0.15, 0.2) is 60.3 Å². The number of fused-ring (bicyclic) bond motifs is 1. The number of halogens is 1. The molecular weight excluding hydrogens is 370 g/mol. The Morgan fingerprint density at radius 2 is 1.92 bits per heavy atom. The number of hydrogen-bond acceptors (Lipinski definition) is 5. The van der Waals surface area contributed by atoms with Gasteiger partial charge in [0.25, 0.3) is 0 Å². The predicted octanol–water partition coefficient (Wildman–Crippen LogP) is 4.81. The van der Waals surface area contributed by atoms with E-state index in [0.29, 0.717) is 23.1 Å². The smallest absolute Gasteiger partial charge is 0.231 e. The number of ether oxygens (including phenoxy) is 2. The maximum Gasteiger partial charge on any atom is 0.231 e. The fourth-order valence-corrected chi connectivity index (χ4v) is 3.94. The lowest BCUT2D eigenvalue weighted by Crippen LogP contribution is -2.00. The van der Waals surface area contributed by atoms with E-state index in [1.54, 1.807) is 17.8 Å². The van der Waals surface area contributed by atoms with Crippen molar-refractivity contribution < 1.29 is 9.47 Å². The Bertz CT molecular complexity index is 943. The average molecular weight is 386 g/mol. The molecular formula is C19H16ClN3O2S. The molecule has 2 aromatic carbocycles. The Kier molecular flexibility index (Phi) is 4.86. The van der Waals surface area contributed by atoms with Gasteiger partial charge in [-0.25, -0.2) is 0 Å². The van der Waals surface area contributed by atoms with Crippen LogP contribution in [0.1, 0.15) is 5.56 Å². The molecule has 1 aromatic heterocycles. The van der Waals surface area contributed by atoms with E-state index in [1.165, 1.54) is 0 Å². The summed E-state index contributed by atoms with van der Waals surface area (Å²) in [6.45, 7) is 4.71. The third-order valence-electron chi connectivity index (χ3n) is 3.96. The summed E-state index contributed by atoms with van der Waals surface area (Å²) >= 11 is 7.94. The van der Waals surface area contributed by atoms with Gasteiger partial charge in [-0.1, -0.05) is 59.8 Å². The van der Waals surface area contributed by atoms with Gasteiger partial charge in [-0.2, -0.15) is 0 Å². The molecule has 0 unspecified atom stereocenters. The number of allylic oxidation sites excluding steroid dienone is 1. The van der Waals surface area contributed by atoms with Crippen LogP contribution in [0.25, 0.3) is 11.4 Å². The minimum Gasteiger partial charge on any atom is -0.454 e. The molecule has 26 heavy (non-hydrogen) atoms. The van der Waals surface area contributed by atoms with Crippen LogP contribution in [0.3, 0.4) is 0 Å². The van der Waals surface area contributed by atoms with Crippen molar-refractivity contribution in [1.29, 1.82) is 0 Å². The summed E-state index contributed by atoms with van der Waals surface area (Å²) < 4.78 is 12.8. The lowest BCUT2D eigenvalue weighted by atomic mass is 10.2. The summed E-state index contributed by atoms with van der Waals surface area (Å²) in [5.41, 5.74) is 1.99. The van der Waals surface area contributed by atoms with Crippen LogP contribution < -0.4 is 9.47 Å². The van der Waals surface area contributed by atoms with Crippen molar-refractivity contribution in [1.82, 2.24) is 14.8 Å². The molecule has 3 aromatic rings. The summed E-state index contributed by atoms with van der Waals surface area (Å²) in [7, 11) is 0. The minimum atomic E-state index is 0.232. The number of hydrogen-bond donors (Lipinski definition) is 0. The van der Waals surface area contributed by atoms with Crippen LogP contribution in [-0.4, -0.2) is 21.6 Å². The predicted molar refractivity (Wildman–Crippen MR) is 103 cm³/mol. The Morgan fingerprint density at radius 1 is 1.15 bits per heavy atom. The Hall–Kier alpha value is -2.44. The van der Waals surface area contributed by atoms with E-state index < -0.39 is 0 Å². The van der Waals surface area contributed by atoms with Crippen molar-refractivity contribution in [3.8, 4) is 22.9 Å². The van der Waals surface area contributed by atoms with Crippen molar-refractivity contribution in [3.05, 3.63) is 65.7 Å². The van der Waals surface area contributed by atoms with Crippen molar-refractivity contribution in [2.75, 3.05) is 6.79 Å². The second kappa shape index (κ2) is 7.43. The molecule has 7 heteroatoms. The van der Waals surface area contributed by atoms with Gasteiger partial charge < -0.3 is 9.47 Å². The van der Waals surface area contributed by atoms with E-state index in [1.807, 2.05) is 47.0 Å². The summed E-state index contributed by atoms with van der Waals surface area (Å²) in [5.74, 6) is 2.89. The van der Waals surface area contributed by atoms with E-state index in [0.717, 1.165) is 27.9 Å². The molecule has 4 rings (SSSR count). The van der Waals surface area contributed by atoms with E-state index >= 15 is 0 Å². The zero-order valence-electron chi connectivity index (χ0n) is 13.9. The van der Waals surface area contributed by atoms with Gasteiger partial charge in [0.05, 0.1) is 0 Å². The molecule has 0 N–H and O–H groups in total. The zero-order chi connectivity index (χ0) is 17.9. The molecule has 0 bridgehead atoms. The van der Waals surface area contributed by atoms with Gasteiger partial charge in [-0.15, -0.1) is 16.8 Å². The largest absolute Gasteiger partial charge is 0.454 e. The first kappa shape index (κ1) is 17.0. The number of rotatable bonds is 6. The van der Waals surface area contributed by atoms with Crippen molar-refractivity contribution in [2.45, 2.75) is 17.5 Å². The van der Waals surface area contributed by atoms with E-state index in [4.69, 9.17) is 21.1 Å². The quantitative estimate of drug-likeness (QED) is 0.450.